The van der Waals surface area contributed by atoms with Crippen LogP contribution in [-0.4, -0.2) is 11.8 Å². The standard InChI is InChI=1S/C15H15NO/c17-15-7-3-6-14-13(15)9-8-11-4-1-2-5-12(11)10-16-14/h1-2,4-5,8-10,14,16H,3,6-7H2. The van der Waals surface area contributed by atoms with Gasteiger partial charge >= 0.3 is 0 Å². The molecule has 0 radical (unpaired) electrons. The van der Waals surface area contributed by atoms with Gasteiger partial charge in [0, 0.05) is 18.2 Å². The van der Waals surface area contributed by atoms with Crippen molar-refractivity contribution in [2.75, 3.05) is 0 Å². The molecule has 1 N–H and O–H groups in total. The summed E-state index contributed by atoms with van der Waals surface area (Å²) in [6.07, 6.45) is 8.80. The van der Waals surface area contributed by atoms with Crippen LogP contribution < -0.4 is 15.8 Å². The first-order chi connectivity index (χ1) is 8.34. The Morgan fingerprint density at radius 1 is 1.12 bits per heavy atom. The third kappa shape index (κ3) is 1.91. The molecule has 1 unspecified atom stereocenters. The predicted molar refractivity (Wildman–Crippen MR) is 68.5 cm³/mol. The maximum atomic E-state index is 11.9. The summed E-state index contributed by atoms with van der Waals surface area (Å²) in [5, 5.41) is 5.71. The van der Waals surface area contributed by atoms with E-state index in [4.69, 9.17) is 0 Å². The van der Waals surface area contributed by atoms with Crippen LogP contribution in [-0.2, 0) is 4.79 Å². The van der Waals surface area contributed by atoms with Crippen LogP contribution in [0, 0.1) is 0 Å². The van der Waals surface area contributed by atoms with E-state index in [0.717, 1.165) is 23.6 Å². The Kier molecular flexibility index (Phi) is 2.56. The number of hydrogen-bond acceptors (Lipinski definition) is 2. The van der Waals surface area contributed by atoms with Crippen molar-refractivity contribution in [3.05, 3.63) is 46.4 Å². The van der Waals surface area contributed by atoms with Crippen LogP contribution in [0.1, 0.15) is 19.3 Å². The highest BCUT2D eigenvalue weighted by molar-refractivity contribution is 5.98. The molecule has 1 atom stereocenters. The zero-order valence-corrected chi connectivity index (χ0v) is 9.65. The molecule has 0 spiro atoms. The second-order valence-electron chi connectivity index (χ2n) is 4.60. The van der Waals surface area contributed by atoms with Gasteiger partial charge in [0.05, 0.1) is 6.04 Å². The maximum absolute atomic E-state index is 11.9. The molecular weight excluding hydrogens is 210 g/mol. The monoisotopic (exact) mass is 225 g/mol. The van der Waals surface area contributed by atoms with Crippen LogP contribution in [0.15, 0.2) is 35.9 Å². The summed E-state index contributed by atoms with van der Waals surface area (Å²) >= 11 is 0. The molecular formula is C15H15NO. The van der Waals surface area contributed by atoms with Gasteiger partial charge in [-0.3, -0.25) is 4.79 Å². The molecule has 1 aliphatic carbocycles. The lowest BCUT2D eigenvalue weighted by molar-refractivity contribution is -0.116. The Labute approximate surface area is 100 Å². The average molecular weight is 225 g/mol. The second kappa shape index (κ2) is 4.21. The lowest BCUT2D eigenvalue weighted by Crippen LogP contribution is -2.38. The Bertz CT molecular complexity index is 598. The van der Waals surface area contributed by atoms with Crippen LogP contribution in [0.25, 0.3) is 12.3 Å². The van der Waals surface area contributed by atoms with Crippen LogP contribution in [0.2, 0.25) is 0 Å². The third-order valence-electron chi connectivity index (χ3n) is 3.47. The van der Waals surface area contributed by atoms with Crippen molar-refractivity contribution >= 4 is 18.1 Å². The van der Waals surface area contributed by atoms with E-state index in [9.17, 15) is 4.79 Å². The summed E-state index contributed by atoms with van der Waals surface area (Å²) in [5.41, 5.74) is 0.932. The minimum atomic E-state index is 0.195. The van der Waals surface area contributed by atoms with Crippen molar-refractivity contribution in [2.45, 2.75) is 25.3 Å². The molecule has 0 aromatic heterocycles. The Morgan fingerprint density at radius 2 is 1.94 bits per heavy atom. The fourth-order valence-corrected chi connectivity index (χ4v) is 2.51. The van der Waals surface area contributed by atoms with Crippen molar-refractivity contribution in [3.8, 4) is 0 Å². The minimum Gasteiger partial charge on any atom is -0.383 e. The van der Waals surface area contributed by atoms with Gasteiger partial charge in [-0.05, 0) is 23.3 Å². The molecule has 0 saturated heterocycles. The van der Waals surface area contributed by atoms with Crippen LogP contribution >= 0.6 is 0 Å². The van der Waals surface area contributed by atoms with E-state index in [2.05, 4.69) is 23.5 Å². The lowest BCUT2D eigenvalue weighted by atomic mass is 9.88. The predicted octanol–water partition coefficient (Wildman–Crippen LogP) is 0.856. The third-order valence-corrected chi connectivity index (χ3v) is 3.47. The number of carbonyl (C=O) groups excluding carboxylic acids is 1. The van der Waals surface area contributed by atoms with E-state index in [1.54, 1.807) is 0 Å². The zero-order chi connectivity index (χ0) is 11.7. The molecule has 2 aliphatic rings. The first-order valence-corrected chi connectivity index (χ1v) is 6.11. The summed E-state index contributed by atoms with van der Waals surface area (Å²) in [6, 6.07) is 8.40. The summed E-state index contributed by atoms with van der Waals surface area (Å²) in [4.78, 5) is 11.9. The van der Waals surface area contributed by atoms with E-state index in [1.807, 2.05) is 24.4 Å². The number of hydrogen-bond donors (Lipinski definition) is 1. The number of allylic oxidation sites excluding steroid dienone is 1. The van der Waals surface area contributed by atoms with Crippen molar-refractivity contribution in [1.29, 1.82) is 0 Å². The molecule has 0 amide bonds. The summed E-state index contributed by atoms with van der Waals surface area (Å²) in [7, 11) is 0. The number of nitrogens with one attached hydrogen (secondary N) is 1. The Balaban J connectivity index is 2.15. The van der Waals surface area contributed by atoms with Crippen molar-refractivity contribution in [3.63, 3.8) is 0 Å². The van der Waals surface area contributed by atoms with Gasteiger partial charge in [-0.2, -0.15) is 0 Å². The van der Waals surface area contributed by atoms with Crippen LogP contribution in [0.5, 0.6) is 0 Å². The highest BCUT2D eigenvalue weighted by Crippen LogP contribution is 2.21. The van der Waals surface area contributed by atoms with E-state index in [0.29, 0.717) is 6.42 Å². The molecule has 0 bridgehead atoms. The van der Waals surface area contributed by atoms with Crippen LogP contribution in [0.3, 0.4) is 0 Å². The number of ketones is 1. The molecule has 1 heterocycles. The molecule has 17 heavy (non-hydrogen) atoms. The lowest BCUT2D eigenvalue weighted by Gasteiger charge is -2.25. The SMILES string of the molecule is O=C1CCCC2NC=c3ccccc3=CC=C12. The van der Waals surface area contributed by atoms with Gasteiger partial charge in [0.15, 0.2) is 5.78 Å². The van der Waals surface area contributed by atoms with E-state index in [1.165, 1.54) is 5.22 Å². The van der Waals surface area contributed by atoms with Gasteiger partial charge in [0.2, 0.25) is 0 Å². The first kappa shape index (κ1) is 10.3. The van der Waals surface area contributed by atoms with Gasteiger partial charge in [0.1, 0.15) is 0 Å². The van der Waals surface area contributed by atoms with Gasteiger partial charge < -0.3 is 5.32 Å². The van der Waals surface area contributed by atoms with Crippen molar-refractivity contribution in [2.24, 2.45) is 0 Å². The Morgan fingerprint density at radius 3 is 2.82 bits per heavy atom. The van der Waals surface area contributed by atoms with Gasteiger partial charge in [-0.15, -0.1) is 0 Å². The maximum Gasteiger partial charge on any atom is 0.160 e. The summed E-state index contributed by atoms with van der Waals surface area (Å²) in [6.45, 7) is 0. The highest BCUT2D eigenvalue weighted by atomic mass is 16.1. The number of fused-ring (bicyclic) bond motifs is 2. The molecule has 1 aromatic rings. The van der Waals surface area contributed by atoms with Crippen molar-refractivity contribution in [1.82, 2.24) is 5.32 Å². The highest BCUT2D eigenvalue weighted by Gasteiger charge is 2.24. The average Bonchev–Trinajstić information content (AvgIpc) is 2.33. The first-order valence-electron chi connectivity index (χ1n) is 6.11. The molecule has 86 valence electrons. The second-order valence-corrected chi connectivity index (χ2v) is 4.60. The minimum absolute atomic E-state index is 0.195. The number of carbonyl (C=O) groups is 1. The topological polar surface area (TPSA) is 29.1 Å². The van der Waals surface area contributed by atoms with Gasteiger partial charge in [-0.1, -0.05) is 36.4 Å². The largest absolute Gasteiger partial charge is 0.383 e. The van der Waals surface area contributed by atoms with E-state index < -0.39 is 0 Å². The van der Waals surface area contributed by atoms with Crippen LogP contribution in [0.4, 0.5) is 0 Å². The fourth-order valence-electron chi connectivity index (χ4n) is 2.51. The number of Topliss-reactive ketones (excluding diaryl/α,β-unsaturated/α-hetero) is 1. The molecule has 3 rings (SSSR count). The molecule has 1 saturated carbocycles. The van der Waals surface area contributed by atoms with Crippen molar-refractivity contribution < 1.29 is 4.79 Å². The number of rotatable bonds is 0. The normalized spacial score (nSPS) is 22.7. The summed E-state index contributed by atoms with van der Waals surface area (Å²) < 4.78 is 0. The number of benzene rings is 1. The molecule has 1 aliphatic heterocycles. The quantitative estimate of drug-likeness (QED) is 0.709. The van der Waals surface area contributed by atoms with Gasteiger partial charge in [0.25, 0.3) is 0 Å². The Hall–Kier alpha value is -1.83. The van der Waals surface area contributed by atoms with E-state index in [-0.39, 0.29) is 11.8 Å². The zero-order valence-electron chi connectivity index (χ0n) is 9.65. The van der Waals surface area contributed by atoms with E-state index >= 15 is 0 Å². The molecule has 1 aromatic carbocycles. The molecule has 2 nitrogen and oxygen atoms in total. The summed E-state index contributed by atoms with van der Waals surface area (Å²) in [5.74, 6) is 0.290. The molecule has 1 fully saturated rings. The molecule has 2 heteroatoms. The fraction of sp³-hybridized carbons (Fsp3) is 0.267. The smallest absolute Gasteiger partial charge is 0.160 e. The van der Waals surface area contributed by atoms with Gasteiger partial charge in [-0.25, -0.2) is 0 Å².